The van der Waals surface area contributed by atoms with E-state index in [9.17, 15) is 8.42 Å². The quantitative estimate of drug-likeness (QED) is 0.654. The van der Waals surface area contributed by atoms with Crippen LogP contribution < -0.4 is 5.32 Å². The Morgan fingerprint density at radius 1 is 1.33 bits per heavy atom. The van der Waals surface area contributed by atoms with Crippen molar-refractivity contribution in [1.82, 2.24) is 10.2 Å². The first-order valence-corrected chi connectivity index (χ1v) is 10.4. The molecule has 1 aliphatic rings. The van der Waals surface area contributed by atoms with Gasteiger partial charge in [-0.2, -0.15) is 0 Å². The zero-order valence-corrected chi connectivity index (χ0v) is 15.9. The van der Waals surface area contributed by atoms with Crippen LogP contribution in [0.5, 0.6) is 0 Å². The van der Waals surface area contributed by atoms with Crippen LogP contribution in [0.2, 0.25) is 0 Å². The van der Waals surface area contributed by atoms with Crippen LogP contribution >= 0.6 is 0 Å². The Kier molecular flexibility index (Phi) is 6.27. The Balaban J connectivity index is 1.90. The molecule has 1 fully saturated rings. The Morgan fingerprint density at radius 2 is 2.00 bits per heavy atom. The Hall–Kier alpha value is -1.56. The van der Waals surface area contributed by atoms with E-state index in [2.05, 4.69) is 29.1 Å². The summed E-state index contributed by atoms with van der Waals surface area (Å²) in [6.07, 6.45) is 3.71. The number of likely N-dealkylation sites (tertiary alicyclic amines) is 1. The van der Waals surface area contributed by atoms with Crippen molar-refractivity contribution >= 4 is 15.8 Å². The fourth-order valence-corrected chi connectivity index (χ4v) is 3.88. The van der Waals surface area contributed by atoms with Crippen LogP contribution in [0.25, 0.3) is 0 Å². The van der Waals surface area contributed by atoms with Gasteiger partial charge in [0.1, 0.15) is 0 Å². The lowest BCUT2D eigenvalue weighted by Gasteiger charge is -2.22. The van der Waals surface area contributed by atoms with Gasteiger partial charge in [0.25, 0.3) is 0 Å². The molecule has 1 aromatic rings. The summed E-state index contributed by atoms with van der Waals surface area (Å²) in [6.45, 7) is 7.29. The number of sulfone groups is 1. The molecule has 1 saturated heterocycles. The van der Waals surface area contributed by atoms with Crippen molar-refractivity contribution in [3.8, 4) is 0 Å². The van der Waals surface area contributed by atoms with E-state index in [0.717, 1.165) is 36.4 Å². The van der Waals surface area contributed by atoms with Gasteiger partial charge in [-0.3, -0.25) is 4.99 Å². The van der Waals surface area contributed by atoms with Crippen LogP contribution in [0.3, 0.4) is 0 Å². The summed E-state index contributed by atoms with van der Waals surface area (Å²) in [5, 5.41) is 3.39. The summed E-state index contributed by atoms with van der Waals surface area (Å²) in [5.74, 6) is 2.41. The predicted octanol–water partition coefficient (Wildman–Crippen LogP) is 2.53. The summed E-state index contributed by atoms with van der Waals surface area (Å²) in [5.41, 5.74) is 1.04. The highest BCUT2D eigenvalue weighted by Gasteiger charge is 2.25. The molecule has 0 saturated carbocycles. The topological polar surface area (TPSA) is 61.8 Å². The first-order chi connectivity index (χ1) is 11.3. The van der Waals surface area contributed by atoms with Gasteiger partial charge >= 0.3 is 0 Å². The van der Waals surface area contributed by atoms with E-state index in [1.807, 2.05) is 19.2 Å². The van der Waals surface area contributed by atoms with Crippen molar-refractivity contribution < 1.29 is 8.42 Å². The Morgan fingerprint density at radius 3 is 2.54 bits per heavy atom. The van der Waals surface area contributed by atoms with E-state index in [1.54, 1.807) is 12.1 Å². The second-order valence-corrected chi connectivity index (χ2v) is 9.06. The minimum atomic E-state index is -3.14. The van der Waals surface area contributed by atoms with Crippen LogP contribution in [0.15, 0.2) is 34.2 Å². The van der Waals surface area contributed by atoms with Gasteiger partial charge in [0.15, 0.2) is 15.8 Å². The number of hydrogen-bond donors (Lipinski definition) is 1. The number of nitrogens with one attached hydrogen (secondary N) is 1. The van der Waals surface area contributed by atoms with Crippen LogP contribution in [-0.2, 0) is 16.4 Å². The molecule has 1 aromatic carbocycles. The van der Waals surface area contributed by atoms with Crippen LogP contribution in [0.4, 0.5) is 0 Å². The van der Waals surface area contributed by atoms with Gasteiger partial charge in [0, 0.05) is 32.9 Å². The molecule has 0 amide bonds. The summed E-state index contributed by atoms with van der Waals surface area (Å²) >= 11 is 0. The third kappa shape index (κ3) is 5.23. The lowest BCUT2D eigenvalue weighted by Crippen LogP contribution is -2.39. The molecular weight excluding hydrogens is 322 g/mol. The SMILES string of the molecule is CN=C(NCc1ccc(S(C)(=O)=O)cc1)N1CCC(CC(C)C)C1. The van der Waals surface area contributed by atoms with Gasteiger partial charge in [-0.1, -0.05) is 26.0 Å². The second-order valence-electron chi connectivity index (χ2n) is 7.05. The fourth-order valence-electron chi connectivity index (χ4n) is 3.25. The van der Waals surface area contributed by atoms with Gasteiger partial charge in [0.05, 0.1) is 4.90 Å². The molecular formula is C18H29N3O2S. The van der Waals surface area contributed by atoms with E-state index in [4.69, 9.17) is 0 Å². The van der Waals surface area contributed by atoms with E-state index in [1.165, 1.54) is 19.1 Å². The van der Waals surface area contributed by atoms with Crippen molar-refractivity contribution in [3.05, 3.63) is 29.8 Å². The molecule has 5 nitrogen and oxygen atoms in total. The maximum Gasteiger partial charge on any atom is 0.193 e. The number of nitrogens with zero attached hydrogens (tertiary/aromatic N) is 2. The maximum absolute atomic E-state index is 11.5. The van der Waals surface area contributed by atoms with Crippen LogP contribution in [-0.4, -0.2) is 45.7 Å². The maximum atomic E-state index is 11.5. The zero-order chi connectivity index (χ0) is 17.7. The van der Waals surface area contributed by atoms with Gasteiger partial charge in [-0.05, 0) is 42.4 Å². The summed E-state index contributed by atoms with van der Waals surface area (Å²) in [6, 6.07) is 7.01. The number of guanidine groups is 1. The molecule has 0 aromatic heterocycles. The third-order valence-corrected chi connectivity index (χ3v) is 5.53. The number of rotatable bonds is 5. The predicted molar refractivity (Wildman–Crippen MR) is 98.9 cm³/mol. The lowest BCUT2D eigenvalue weighted by atomic mass is 9.97. The van der Waals surface area contributed by atoms with Crippen molar-refractivity contribution in [3.63, 3.8) is 0 Å². The minimum Gasteiger partial charge on any atom is -0.352 e. The van der Waals surface area contributed by atoms with Crippen molar-refractivity contribution in [2.24, 2.45) is 16.8 Å². The average molecular weight is 352 g/mol. The number of benzene rings is 1. The molecule has 0 spiro atoms. The fraction of sp³-hybridized carbons (Fsp3) is 0.611. The molecule has 0 aliphatic carbocycles. The standard InChI is InChI=1S/C18H29N3O2S/c1-14(2)11-16-9-10-21(13-16)18(19-3)20-12-15-5-7-17(8-6-15)24(4,22)23/h5-8,14,16H,9-13H2,1-4H3,(H,19,20). The molecule has 24 heavy (non-hydrogen) atoms. The van der Waals surface area contributed by atoms with Crippen LogP contribution in [0.1, 0.15) is 32.3 Å². The highest BCUT2D eigenvalue weighted by atomic mass is 32.2. The van der Waals surface area contributed by atoms with E-state index >= 15 is 0 Å². The average Bonchev–Trinajstić information content (AvgIpc) is 2.95. The molecule has 134 valence electrons. The van der Waals surface area contributed by atoms with Crippen molar-refractivity contribution in [1.29, 1.82) is 0 Å². The van der Waals surface area contributed by atoms with E-state index < -0.39 is 9.84 Å². The highest BCUT2D eigenvalue weighted by molar-refractivity contribution is 7.90. The largest absolute Gasteiger partial charge is 0.352 e. The molecule has 1 unspecified atom stereocenters. The van der Waals surface area contributed by atoms with Crippen molar-refractivity contribution in [2.75, 3.05) is 26.4 Å². The Labute approximate surface area is 146 Å². The molecule has 1 atom stereocenters. The molecule has 0 bridgehead atoms. The van der Waals surface area contributed by atoms with Gasteiger partial charge in [-0.25, -0.2) is 8.42 Å². The van der Waals surface area contributed by atoms with Crippen molar-refractivity contribution in [2.45, 2.75) is 38.1 Å². The summed E-state index contributed by atoms with van der Waals surface area (Å²) < 4.78 is 23.0. The molecule has 6 heteroatoms. The zero-order valence-electron chi connectivity index (χ0n) is 15.1. The monoisotopic (exact) mass is 351 g/mol. The molecule has 1 N–H and O–H groups in total. The molecule has 1 heterocycles. The van der Waals surface area contributed by atoms with Gasteiger partial charge in [0.2, 0.25) is 0 Å². The minimum absolute atomic E-state index is 0.353. The number of aliphatic imine (C=N–C) groups is 1. The van der Waals surface area contributed by atoms with Gasteiger partial charge in [-0.15, -0.1) is 0 Å². The highest BCUT2D eigenvalue weighted by Crippen LogP contribution is 2.23. The number of hydrogen-bond acceptors (Lipinski definition) is 3. The van der Waals surface area contributed by atoms with E-state index in [-0.39, 0.29) is 0 Å². The third-order valence-electron chi connectivity index (χ3n) is 4.40. The van der Waals surface area contributed by atoms with E-state index in [0.29, 0.717) is 11.4 Å². The summed E-state index contributed by atoms with van der Waals surface area (Å²) in [7, 11) is -1.33. The van der Waals surface area contributed by atoms with Gasteiger partial charge < -0.3 is 10.2 Å². The first kappa shape index (κ1) is 18.8. The van der Waals surface area contributed by atoms with Crippen LogP contribution in [0, 0.1) is 11.8 Å². The normalized spacial score (nSPS) is 19.1. The molecule has 1 aliphatic heterocycles. The Bertz CT molecular complexity index is 666. The first-order valence-electron chi connectivity index (χ1n) is 8.54. The second kappa shape index (κ2) is 8.01. The smallest absolute Gasteiger partial charge is 0.193 e. The molecule has 0 radical (unpaired) electrons. The lowest BCUT2D eigenvalue weighted by molar-refractivity contribution is 0.403. The molecule has 2 rings (SSSR count). The summed E-state index contributed by atoms with van der Waals surface area (Å²) in [4.78, 5) is 7.06.